The van der Waals surface area contributed by atoms with E-state index in [9.17, 15) is 0 Å². The van der Waals surface area contributed by atoms with E-state index in [1.54, 1.807) is 27.4 Å². The lowest BCUT2D eigenvalue weighted by molar-refractivity contribution is 0.0364. The van der Waals surface area contributed by atoms with Gasteiger partial charge < -0.3 is 19.5 Å². The van der Waals surface area contributed by atoms with E-state index >= 15 is 0 Å². The van der Waals surface area contributed by atoms with Crippen LogP contribution in [0.25, 0.3) is 0 Å². The molecule has 1 rings (SSSR count). The molecule has 6 nitrogen and oxygen atoms in total. The second kappa shape index (κ2) is 7.03. The average Bonchev–Trinajstić information content (AvgIpc) is 2.33. The highest BCUT2D eigenvalue weighted by Crippen LogP contribution is 2.11. The highest BCUT2D eigenvalue weighted by molar-refractivity contribution is 5.30. The SMILES string of the molecule is COCC(CNc1nc(C)cc(OC)n1)OC. The molecule has 0 aliphatic heterocycles. The molecule has 0 amide bonds. The Labute approximate surface area is 101 Å². The molecule has 0 saturated carbocycles. The van der Waals surface area contributed by atoms with Gasteiger partial charge in [0.15, 0.2) is 0 Å². The summed E-state index contributed by atoms with van der Waals surface area (Å²) in [5.41, 5.74) is 0.847. The van der Waals surface area contributed by atoms with Gasteiger partial charge >= 0.3 is 0 Å². The highest BCUT2D eigenvalue weighted by Gasteiger charge is 2.08. The zero-order chi connectivity index (χ0) is 12.7. The van der Waals surface area contributed by atoms with Crippen molar-refractivity contribution in [2.45, 2.75) is 13.0 Å². The molecule has 6 heteroatoms. The first-order valence-corrected chi connectivity index (χ1v) is 5.35. The number of rotatable bonds is 7. The Morgan fingerprint density at radius 1 is 1.29 bits per heavy atom. The molecule has 0 fully saturated rings. The summed E-state index contributed by atoms with van der Waals surface area (Å²) < 4.78 is 15.3. The van der Waals surface area contributed by atoms with Crippen LogP contribution in [0.5, 0.6) is 5.88 Å². The predicted octanol–water partition coefficient (Wildman–Crippen LogP) is 0.867. The maximum Gasteiger partial charge on any atom is 0.226 e. The quantitative estimate of drug-likeness (QED) is 0.764. The van der Waals surface area contributed by atoms with E-state index in [-0.39, 0.29) is 6.10 Å². The van der Waals surface area contributed by atoms with Crippen LogP contribution in [0, 0.1) is 6.92 Å². The van der Waals surface area contributed by atoms with Crippen LogP contribution in [0.3, 0.4) is 0 Å². The molecule has 0 aliphatic carbocycles. The molecule has 1 atom stereocenters. The summed E-state index contributed by atoms with van der Waals surface area (Å²) in [6.45, 7) is 2.99. The van der Waals surface area contributed by atoms with E-state index in [0.29, 0.717) is 25.0 Å². The van der Waals surface area contributed by atoms with Gasteiger partial charge in [-0.25, -0.2) is 4.98 Å². The summed E-state index contributed by atoms with van der Waals surface area (Å²) in [5.74, 6) is 1.07. The van der Waals surface area contributed by atoms with Gasteiger partial charge in [0.1, 0.15) is 0 Å². The van der Waals surface area contributed by atoms with E-state index in [4.69, 9.17) is 14.2 Å². The zero-order valence-corrected chi connectivity index (χ0v) is 10.7. The van der Waals surface area contributed by atoms with Crippen LogP contribution in [0.15, 0.2) is 6.07 Å². The molecule has 17 heavy (non-hydrogen) atoms. The van der Waals surface area contributed by atoms with Crippen molar-refractivity contribution in [1.29, 1.82) is 0 Å². The number of methoxy groups -OCH3 is 3. The van der Waals surface area contributed by atoms with Crippen molar-refractivity contribution < 1.29 is 14.2 Å². The molecule has 0 bridgehead atoms. The fourth-order valence-corrected chi connectivity index (χ4v) is 1.32. The van der Waals surface area contributed by atoms with E-state index in [1.807, 2.05) is 6.92 Å². The molecule has 0 spiro atoms. The minimum absolute atomic E-state index is 0.0323. The summed E-state index contributed by atoms with van der Waals surface area (Å²) in [4.78, 5) is 8.43. The van der Waals surface area contributed by atoms with E-state index in [0.717, 1.165) is 5.69 Å². The lowest BCUT2D eigenvalue weighted by Crippen LogP contribution is -2.27. The Bertz CT molecular complexity index is 347. The molecule has 0 saturated heterocycles. The van der Waals surface area contributed by atoms with Crippen LogP contribution < -0.4 is 10.1 Å². The molecule has 1 aromatic rings. The van der Waals surface area contributed by atoms with Crippen LogP contribution in [0.1, 0.15) is 5.69 Å². The van der Waals surface area contributed by atoms with Crippen LogP contribution in [-0.4, -0.2) is 50.6 Å². The van der Waals surface area contributed by atoms with Crippen molar-refractivity contribution in [3.05, 3.63) is 11.8 Å². The maximum absolute atomic E-state index is 5.22. The van der Waals surface area contributed by atoms with Crippen molar-refractivity contribution >= 4 is 5.95 Å². The maximum atomic E-state index is 5.22. The first-order chi connectivity index (χ1) is 8.19. The number of nitrogens with zero attached hydrogens (tertiary/aromatic N) is 2. The second-order valence-electron chi connectivity index (χ2n) is 3.57. The Morgan fingerprint density at radius 3 is 2.65 bits per heavy atom. The number of aromatic nitrogens is 2. The van der Waals surface area contributed by atoms with E-state index < -0.39 is 0 Å². The van der Waals surface area contributed by atoms with Gasteiger partial charge in [0, 0.05) is 32.5 Å². The molecule has 1 N–H and O–H groups in total. The number of anilines is 1. The smallest absolute Gasteiger partial charge is 0.226 e. The summed E-state index contributed by atoms with van der Waals surface area (Å²) in [7, 11) is 4.86. The van der Waals surface area contributed by atoms with Gasteiger partial charge in [-0.05, 0) is 6.92 Å². The predicted molar refractivity (Wildman–Crippen MR) is 64.5 cm³/mol. The normalized spacial score (nSPS) is 12.2. The van der Waals surface area contributed by atoms with Gasteiger partial charge in [0.2, 0.25) is 11.8 Å². The van der Waals surface area contributed by atoms with E-state index in [2.05, 4.69) is 15.3 Å². The van der Waals surface area contributed by atoms with Gasteiger partial charge in [0.05, 0.1) is 19.8 Å². The number of hydrogen-bond donors (Lipinski definition) is 1. The first kappa shape index (κ1) is 13.7. The van der Waals surface area contributed by atoms with Crippen molar-refractivity contribution in [2.75, 3.05) is 39.8 Å². The van der Waals surface area contributed by atoms with Gasteiger partial charge in [-0.2, -0.15) is 4.98 Å². The highest BCUT2D eigenvalue weighted by atomic mass is 16.5. The third-order valence-corrected chi connectivity index (χ3v) is 2.21. The Morgan fingerprint density at radius 2 is 2.06 bits per heavy atom. The van der Waals surface area contributed by atoms with Gasteiger partial charge in [-0.15, -0.1) is 0 Å². The third-order valence-electron chi connectivity index (χ3n) is 2.21. The van der Waals surface area contributed by atoms with Crippen LogP contribution in [-0.2, 0) is 9.47 Å². The summed E-state index contributed by atoms with van der Waals surface area (Å²) in [6, 6.07) is 1.77. The average molecular weight is 241 g/mol. The summed E-state index contributed by atoms with van der Waals surface area (Å²) >= 11 is 0. The lowest BCUT2D eigenvalue weighted by Gasteiger charge is -2.15. The van der Waals surface area contributed by atoms with Crippen molar-refractivity contribution in [3.8, 4) is 5.88 Å². The minimum Gasteiger partial charge on any atom is -0.481 e. The monoisotopic (exact) mass is 241 g/mol. The lowest BCUT2D eigenvalue weighted by atomic mass is 10.4. The first-order valence-electron chi connectivity index (χ1n) is 5.35. The van der Waals surface area contributed by atoms with Crippen molar-refractivity contribution in [1.82, 2.24) is 9.97 Å². The fourth-order valence-electron chi connectivity index (χ4n) is 1.32. The number of ether oxygens (including phenoxy) is 3. The Kier molecular flexibility index (Phi) is 5.65. The van der Waals surface area contributed by atoms with Crippen LogP contribution >= 0.6 is 0 Å². The molecular weight excluding hydrogens is 222 g/mol. The van der Waals surface area contributed by atoms with Gasteiger partial charge in [-0.1, -0.05) is 0 Å². The Hall–Kier alpha value is -1.40. The van der Waals surface area contributed by atoms with Crippen LogP contribution in [0.2, 0.25) is 0 Å². The number of nitrogens with one attached hydrogen (secondary N) is 1. The second-order valence-corrected chi connectivity index (χ2v) is 3.57. The standard InChI is InChI=1S/C11H19N3O3/c1-8-5-10(17-4)14-11(13-8)12-6-9(16-3)7-15-2/h5,9H,6-7H2,1-4H3,(H,12,13,14). The molecular formula is C11H19N3O3. The topological polar surface area (TPSA) is 65.5 Å². The van der Waals surface area contributed by atoms with Gasteiger partial charge in [0.25, 0.3) is 0 Å². The van der Waals surface area contributed by atoms with E-state index in [1.165, 1.54) is 0 Å². The molecule has 1 aromatic heterocycles. The molecule has 96 valence electrons. The van der Waals surface area contributed by atoms with Crippen LogP contribution in [0.4, 0.5) is 5.95 Å². The fraction of sp³-hybridized carbons (Fsp3) is 0.636. The van der Waals surface area contributed by atoms with Gasteiger partial charge in [-0.3, -0.25) is 0 Å². The zero-order valence-electron chi connectivity index (χ0n) is 10.7. The van der Waals surface area contributed by atoms with Crippen molar-refractivity contribution in [3.63, 3.8) is 0 Å². The Balaban J connectivity index is 2.58. The molecule has 1 unspecified atom stereocenters. The number of hydrogen-bond acceptors (Lipinski definition) is 6. The summed E-state index contributed by atoms with van der Waals surface area (Å²) in [6.07, 6.45) is -0.0323. The molecule has 0 aliphatic rings. The third kappa shape index (κ3) is 4.54. The molecule has 0 aromatic carbocycles. The summed E-state index contributed by atoms with van der Waals surface area (Å²) in [5, 5.41) is 3.09. The molecule has 1 heterocycles. The largest absolute Gasteiger partial charge is 0.481 e. The number of aryl methyl sites for hydroxylation is 1. The molecule has 0 radical (unpaired) electrons. The van der Waals surface area contributed by atoms with Crippen molar-refractivity contribution in [2.24, 2.45) is 0 Å². The minimum atomic E-state index is -0.0323.